The van der Waals surface area contributed by atoms with Gasteiger partial charge < -0.3 is 25.0 Å². The summed E-state index contributed by atoms with van der Waals surface area (Å²) in [7, 11) is 0. The number of carbonyl (C=O) groups excluding carboxylic acids is 3. The van der Waals surface area contributed by atoms with E-state index in [1.165, 1.54) is 9.80 Å². The normalized spacial score (nSPS) is 24.0. The predicted octanol–water partition coefficient (Wildman–Crippen LogP) is -1.33. The summed E-state index contributed by atoms with van der Waals surface area (Å²) >= 11 is 0. The third-order valence-electron chi connectivity index (χ3n) is 4.09. The van der Waals surface area contributed by atoms with Gasteiger partial charge in [0.15, 0.2) is 0 Å². The number of carboxylic acids is 1. The zero-order valence-corrected chi connectivity index (χ0v) is 13.9. The molecule has 2 aliphatic heterocycles. The zero-order valence-electron chi connectivity index (χ0n) is 13.9. The van der Waals surface area contributed by atoms with Crippen LogP contribution < -0.4 is 5.32 Å². The number of piperazine rings is 2. The molecular formula is C15H23N3O6. The molecule has 9 heteroatoms. The molecule has 2 atom stereocenters. The Balaban J connectivity index is 1.94. The Bertz CT molecular complexity index is 535. The van der Waals surface area contributed by atoms with E-state index in [2.05, 4.69) is 5.32 Å². The van der Waals surface area contributed by atoms with Crippen molar-refractivity contribution >= 4 is 23.7 Å². The lowest BCUT2D eigenvalue weighted by atomic mass is 9.97. The minimum absolute atomic E-state index is 0.0984. The molecule has 2 saturated heterocycles. The molecule has 2 rings (SSSR count). The molecule has 2 aliphatic rings. The van der Waals surface area contributed by atoms with Crippen LogP contribution in [0.15, 0.2) is 0 Å². The number of aliphatic carboxylic acids is 1. The summed E-state index contributed by atoms with van der Waals surface area (Å²) in [5, 5.41) is 11.2. The first kappa shape index (κ1) is 18.2. The van der Waals surface area contributed by atoms with Crippen molar-refractivity contribution in [2.24, 2.45) is 5.92 Å². The van der Waals surface area contributed by atoms with Crippen LogP contribution >= 0.6 is 0 Å². The van der Waals surface area contributed by atoms with Crippen molar-refractivity contribution in [2.45, 2.75) is 32.4 Å². The van der Waals surface area contributed by atoms with Crippen LogP contribution in [0.5, 0.6) is 0 Å². The second-order valence-electron chi connectivity index (χ2n) is 6.46. The van der Waals surface area contributed by atoms with Gasteiger partial charge in [-0.3, -0.25) is 14.4 Å². The lowest BCUT2D eigenvalue weighted by Crippen LogP contribution is -2.69. The van der Waals surface area contributed by atoms with Crippen LogP contribution in [0, 0.1) is 5.92 Å². The first-order chi connectivity index (χ1) is 11.3. The largest absolute Gasteiger partial charge is 0.480 e. The number of carboxylic acid groups (broad SMARTS) is 1. The number of rotatable bonds is 6. The van der Waals surface area contributed by atoms with Gasteiger partial charge in [0, 0.05) is 13.1 Å². The van der Waals surface area contributed by atoms with Crippen LogP contribution in [0.25, 0.3) is 0 Å². The molecule has 134 valence electrons. The number of fused-ring (bicyclic) bond motifs is 1. The molecule has 2 N–H and O–H groups in total. The van der Waals surface area contributed by atoms with Crippen molar-refractivity contribution in [3.05, 3.63) is 0 Å². The fourth-order valence-electron chi connectivity index (χ4n) is 2.98. The van der Waals surface area contributed by atoms with E-state index in [0.29, 0.717) is 13.0 Å². The fraction of sp³-hybridized carbons (Fsp3) is 0.733. The number of hydrogen-bond acceptors (Lipinski definition) is 5. The van der Waals surface area contributed by atoms with E-state index in [1.807, 2.05) is 13.8 Å². The van der Waals surface area contributed by atoms with Crippen LogP contribution in [0.2, 0.25) is 0 Å². The highest BCUT2D eigenvalue weighted by Gasteiger charge is 2.44. The summed E-state index contributed by atoms with van der Waals surface area (Å²) in [6.07, 6.45) is 0.583. The van der Waals surface area contributed by atoms with Crippen LogP contribution in [0.1, 0.15) is 20.3 Å². The Morgan fingerprint density at radius 1 is 1.29 bits per heavy atom. The van der Waals surface area contributed by atoms with Gasteiger partial charge in [0.25, 0.3) is 0 Å². The minimum atomic E-state index is -1.15. The van der Waals surface area contributed by atoms with Crippen LogP contribution in [0.4, 0.5) is 0 Å². The summed E-state index contributed by atoms with van der Waals surface area (Å²) in [5.41, 5.74) is 0. The van der Waals surface area contributed by atoms with Crippen molar-refractivity contribution in [3.8, 4) is 0 Å². The van der Waals surface area contributed by atoms with E-state index >= 15 is 0 Å². The van der Waals surface area contributed by atoms with Crippen molar-refractivity contribution in [1.29, 1.82) is 0 Å². The Morgan fingerprint density at radius 2 is 2.00 bits per heavy atom. The zero-order chi connectivity index (χ0) is 17.9. The first-order valence-corrected chi connectivity index (χ1v) is 7.97. The molecule has 0 aromatic rings. The maximum Gasteiger partial charge on any atom is 0.329 e. The molecule has 0 radical (unpaired) electrons. The monoisotopic (exact) mass is 341 g/mol. The number of nitrogens with zero attached hydrogens (tertiary/aromatic N) is 2. The van der Waals surface area contributed by atoms with E-state index in [-0.39, 0.29) is 43.3 Å². The summed E-state index contributed by atoms with van der Waals surface area (Å²) < 4.78 is 4.78. The van der Waals surface area contributed by atoms with Crippen LogP contribution in [-0.2, 0) is 23.9 Å². The Labute approximate surface area is 139 Å². The Kier molecular flexibility index (Phi) is 5.76. The number of hydrogen-bond donors (Lipinski definition) is 2. The minimum Gasteiger partial charge on any atom is -0.480 e. The lowest BCUT2D eigenvalue weighted by Gasteiger charge is -2.45. The lowest BCUT2D eigenvalue weighted by molar-refractivity contribution is -0.157. The molecule has 3 amide bonds. The topological polar surface area (TPSA) is 116 Å². The quantitative estimate of drug-likeness (QED) is 0.618. The van der Waals surface area contributed by atoms with E-state index in [9.17, 15) is 19.2 Å². The number of nitrogens with one attached hydrogen (secondary N) is 1. The highest BCUT2D eigenvalue weighted by molar-refractivity contribution is 5.97. The van der Waals surface area contributed by atoms with Gasteiger partial charge in [0.1, 0.15) is 25.3 Å². The molecule has 0 aromatic carbocycles. The number of amides is 3. The van der Waals surface area contributed by atoms with Gasteiger partial charge in [-0.05, 0) is 12.3 Å². The maximum atomic E-state index is 12.5. The first-order valence-electron chi connectivity index (χ1n) is 7.97. The molecule has 0 unspecified atom stereocenters. The van der Waals surface area contributed by atoms with Gasteiger partial charge in [0.2, 0.25) is 17.7 Å². The van der Waals surface area contributed by atoms with Crippen LogP contribution in [0.3, 0.4) is 0 Å². The highest BCUT2D eigenvalue weighted by Crippen LogP contribution is 2.19. The molecule has 24 heavy (non-hydrogen) atoms. The molecular weight excluding hydrogens is 318 g/mol. The molecule has 0 aliphatic carbocycles. The molecule has 0 saturated carbocycles. The van der Waals surface area contributed by atoms with Crippen molar-refractivity contribution in [1.82, 2.24) is 15.1 Å². The molecule has 0 aromatic heterocycles. The molecule has 0 bridgehead atoms. The van der Waals surface area contributed by atoms with E-state index < -0.39 is 24.7 Å². The summed E-state index contributed by atoms with van der Waals surface area (Å²) in [6, 6.07) is -1.20. The predicted molar refractivity (Wildman–Crippen MR) is 81.9 cm³/mol. The standard InChI is InChI=1S/C15H23N3O6/c1-9(2)5-10-15(23)18-4-3-17(6-11(18)14(22)16-10)12(19)7-24-8-13(20)21/h9-11H,3-8H2,1-2H3,(H,16,22)(H,20,21)/t10-,11-/m0/s1. The van der Waals surface area contributed by atoms with Gasteiger partial charge >= 0.3 is 5.97 Å². The maximum absolute atomic E-state index is 12.5. The average Bonchev–Trinajstić information content (AvgIpc) is 2.51. The second kappa shape index (κ2) is 7.61. The van der Waals surface area contributed by atoms with Crippen molar-refractivity contribution in [3.63, 3.8) is 0 Å². The highest BCUT2D eigenvalue weighted by atomic mass is 16.5. The SMILES string of the molecule is CC(C)C[C@@H]1NC(=O)[C@@H]2CN(C(=O)COCC(=O)O)CCN2C1=O. The van der Waals surface area contributed by atoms with Crippen LogP contribution in [-0.4, -0.2) is 83.5 Å². The number of carbonyl (C=O) groups is 4. The Morgan fingerprint density at radius 3 is 2.62 bits per heavy atom. The average molecular weight is 341 g/mol. The van der Waals surface area contributed by atoms with Gasteiger partial charge in [-0.25, -0.2) is 4.79 Å². The van der Waals surface area contributed by atoms with E-state index in [4.69, 9.17) is 9.84 Å². The molecule has 9 nitrogen and oxygen atoms in total. The molecule has 0 spiro atoms. The molecule has 2 fully saturated rings. The van der Waals surface area contributed by atoms with Crippen molar-refractivity contribution < 1.29 is 29.0 Å². The van der Waals surface area contributed by atoms with Gasteiger partial charge in [-0.2, -0.15) is 0 Å². The summed E-state index contributed by atoms with van der Waals surface area (Å²) in [6.45, 7) is 3.75. The Hall–Kier alpha value is -2.16. The van der Waals surface area contributed by atoms with E-state index in [0.717, 1.165) is 0 Å². The second-order valence-corrected chi connectivity index (χ2v) is 6.46. The van der Waals surface area contributed by atoms with Crippen molar-refractivity contribution in [2.75, 3.05) is 32.8 Å². The van der Waals surface area contributed by atoms with Gasteiger partial charge in [0.05, 0.1) is 6.54 Å². The van der Waals surface area contributed by atoms with Gasteiger partial charge in [-0.1, -0.05) is 13.8 Å². The third-order valence-corrected chi connectivity index (χ3v) is 4.09. The van der Waals surface area contributed by atoms with Gasteiger partial charge in [-0.15, -0.1) is 0 Å². The van der Waals surface area contributed by atoms with E-state index in [1.54, 1.807) is 0 Å². The number of ether oxygens (including phenoxy) is 1. The summed E-state index contributed by atoms with van der Waals surface area (Å²) in [5.74, 6) is -1.63. The third kappa shape index (κ3) is 4.22. The fourth-order valence-corrected chi connectivity index (χ4v) is 2.98. The smallest absolute Gasteiger partial charge is 0.329 e. The summed E-state index contributed by atoms with van der Waals surface area (Å²) in [4.78, 5) is 50.1. The molecule has 2 heterocycles.